The Hall–Kier alpha value is -1.87. The van der Waals surface area contributed by atoms with E-state index in [1.54, 1.807) is 41.1 Å². The Morgan fingerprint density at radius 3 is 2.64 bits per heavy atom. The number of halogens is 2. The van der Waals surface area contributed by atoms with Crippen LogP contribution in [0.15, 0.2) is 24.4 Å². The molecule has 0 unspecified atom stereocenters. The van der Waals surface area contributed by atoms with Gasteiger partial charge >= 0.3 is 0 Å². The molecular weight excluding hydrogens is 421 g/mol. The first-order chi connectivity index (χ1) is 12.9. The molecule has 28 heavy (non-hydrogen) atoms. The monoisotopic (exact) mass is 443 g/mol. The zero-order valence-corrected chi connectivity index (χ0v) is 18.6. The van der Waals surface area contributed by atoms with Crippen molar-refractivity contribution in [1.82, 2.24) is 19.7 Å². The standard InChI is InChI=1S/C18H22ClN5O2S.ClH/c1-5-23-9-8-13(21-23)17(25)24(11-10-22(2)3)18-20-15-14(26-4)7-6-12(19)16(15)27-18;/h6-9H,5,10-11H2,1-4H3;1H. The summed E-state index contributed by atoms with van der Waals surface area (Å²) in [5.74, 6) is 0.449. The lowest BCUT2D eigenvalue weighted by molar-refractivity contribution is 0.0979. The molecule has 10 heteroatoms. The Bertz CT molecular complexity index is 957. The number of nitrogens with zero attached hydrogens (tertiary/aromatic N) is 5. The van der Waals surface area contributed by atoms with Crippen LogP contribution in [0.2, 0.25) is 5.02 Å². The molecule has 2 aromatic heterocycles. The fourth-order valence-electron chi connectivity index (χ4n) is 2.60. The van der Waals surface area contributed by atoms with Crippen LogP contribution in [0.4, 0.5) is 5.13 Å². The van der Waals surface area contributed by atoms with E-state index in [-0.39, 0.29) is 18.3 Å². The molecule has 0 fully saturated rings. The van der Waals surface area contributed by atoms with Crippen molar-refractivity contribution in [3.05, 3.63) is 35.1 Å². The molecule has 0 saturated carbocycles. The van der Waals surface area contributed by atoms with E-state index in [4.69, 9.17) is 16.3 Å². The zero-order chi connectivity index (χ0) is 19.6. The first-order valence-electron chi connectivity index (χ1n) is 8.57. The molecule has 0 spiro atoms. The van der Waals surface area contributed by atoms with E-state index in [9.17, 15) is 4.79 Å². The number of aromatic nitrogens is 3. The maximum atomic E-state index is 13.1. The van der Waals surface area contributed by atoms with Crippen LogP contribution < -0.4 is 9.64 Å². The van der Waals surface area contributed by atoms with Gasteiger partial charge in [-0.2, -0.15) is 5.10 Å². The number of amides is 1. The first-order valence-corrected chi connectivity index (χ1v) is 9.77. The highest BCUT2D eigenvalue weighted by Crippen LogP contribution is 2.38. The second-order valence-electron chi connectivity index (χ2n) is 6.24. The molecule has 0 radical (unpaired) electrons. The molecule has 0 atom stereocenters. The Balaban J connectivity index is 0.00000280. The van der Waals surface area contributed by atoms with E-state index < -0.39 is 0 Å². The normalized spacial score (nSPS) is 10.9. The van der Waals surface area contributed by atoms with Gasteiger partial charge < -0.3 is 9.64 Å². The van der Waals surface area contributed by atoms with Crippen molar-refractivity contribution < 1.29 is 9.53 Å². The van der Waals surface area contributed by atoms with Gasteiger partial charge in [0.2, 0.25) is 0 Å². The number of hydrogen-bond donors (Lipinski definition) is 0. The van der Waals surface area contributed by atoms with Crippen LogP contribution in [-0.2, 0) is 6.54 Å². The van der Waals surface area contributed by atoms with Crippen LogP contribution in [0.25, 0.3) is 10.2 Å². The van der Waals surface area contributed by atoms with Crippen LogP contribution in [0, 0.1) is 0 Å². The van der Waals surface area contributed by atoms with Gasteiger partial charge in [-0.25, -0.2) is 4.98 Å². The highest BCUT2D eigenvalue weighted by atomic mass is 35.5. The third kappa shape index (κ3) is 4.57. The smallest absolute Gasteiger partial charge is 0.280 e. The van der Waals surface area contributed by atoms with Crippen molar-refractivity contribution in [2.75, 3.05) is 39.2 Å². The van der Waals surface area contributed by atoms with Gasteiger partial charge in [-0.05, 0) is 39.2 Å². The zero-order valence-electron chi connectivity index (χ0n) is 16.2. The van der Waals surface area contributed by atoms with Gasteiger partial charge in [0.25, 0.3) is 5.91 Å². The lowest BCUT2D eigenvalue weighted by Gasteiger charge is -2.21. The number of hydrogen-bond acceptors (Lipinski definition) is 6. The number of benzene rings is 1. The second kappa shape index (κ2) is 9.56. The average molecular weight is 444 g/mol. The Labute approximate surface area is 179 Å². The summed E-state index contributed by atoms with van der Waals surface area (Å²) in [6, 6.07) is 5.29. The molecule has 0 bridgehead atoms. The number of carbonyl (C=O) groups excluding carboxylic acids is 1. The summed E-state index contributed by atoms with van der Waals surface area (Å²) in [7, 11) is 5.52. The van der Waals surface area contributed by atoms with Crippen molar-refractivity contribution >= 4 is 56.6 Å². The molecule has 3 aromatic rings. The predicted octanol–water partition coefficient (Wildman–Crippen LogP) is 3.80. The summed E-state index contributed by atoms with van der Waals surface area (Å²) in [6.45, 7) is 3.87. The van der Waals surface area contributed by atoms with Crippen molar-refractivity contribution in [2.45, 2.75) is 13.5 Å². The van der Waals surface area contributed by atoms with E-state index in [1.807, 2.05) is 25.9 Å². The molecule has 7 nitrogen and oxygen atoms in total. The summed E-state index contributed by atoms with van der Waals surface area (Å²) >= 11 is 7.72. The van der Waals surface area contributed by atoms with Crippen LogP contribution in [0.3, 0.4) is 0 Å². The lowest BCUT2D eigenvalue weighted by atomic mass is 10.3. The SMILES string of the molecule is CCn1ccc(C(=O)N(CCN(C)C)c2nc3c(OC)ccc(Cl)c3s2)n1.Cl. The maximum Gasteiger partial charge on any atom is 0.280 e. The molecule has 0 N–H and O–H groups in total. The second-order valence-corrected chi connectivity index (χ2v) is 7.63. The summed E-state index contributed by atoms with van der Waals surface area (Å²) in [4.78, 5) is 21.5. The van der Waals surface area contributed by atoms with Gasteiger partial charge in [0.15, 0.2) is 10.8 Å². The van der Waals surface area contributed by atoms with Gasteiger partial charge in [0.1, 0.15) is 11.3 Å². The van der Waals surface area contributed by atoms with Gasteiger partial charge in [0.05, 0.1) is 16.8 Å². The molecule has 0 saturated heterocycles. The fourth-order valence-corrected chi connectivity index (χ4v) is 3.88. The maximum absolute atomic E-state index is 13.1. The van der Waals surface area contributed by atoms with E-state index in [0.29, 0.717) is 46.7 Å². The molecule has 152 valence electrons. The molecule has 0 aliphatic heterocycles. The van der Waals surface area contributed by atoms with E-state index in [1.165, 1.54) is 11.3 Å². The van der Waals surface area contributed by atoms with E-state index >= 15 is 0 Å². The minimum Gasteiger partial charge on any atom is -0.494 e. The molecule has 1 amide bonds. The van der Waals surface area contributed by atoms with Gasteiger partial charge in [0, 0.05) is 25.8 Å². The number of anilines is 1. The van der Waals surface area contributed by atoms with Crippen molar-refractivity contribution in [1.29, 1.82) is 0 Å². The summed E-state index contributed by atoms with van der Waals surface area (Å²) < 4.78 is 7.93. The van der Waals surface area contributed by atoms with Crippen molar-refractivity contribution in [3.8, 4) is 5.75 Å². The van der Waals surface area contributed by atoms with Crippen molar-refractivity contribution in [3.63, 3.8) is 0 Å². The highest BCUT2D eigenvalue weighted by molar-refractivity contribution is 7.23. The number of carbonyl (C=O) groups is 1. The number of likely N-dealkylation sites (N-methyl/N-ethyl adjacent to an activating group) is 1. The third-order valence-electron chi connectivity index (χ3n) is 4.10. The Morgan fingerprint density at radius 2 is 2.04 bits per heavy atom. The van der Waals surface area contributed by atoms with Gasteiger partial charge in [-0.3, -0.25) is 14.4 Å². The van der Waals surface area contributed by atoms with E-state index in [2.05, 4.69) is 10.1 Å². The summed E-state index contributed by atoms with van der Waals surface area (Å²) in [5, 5.41) is 5.51. The first kappa shape index (κ1) is 22.4. The molecule has 2 heterocycles. The predicted molar refractivity (Wildman–Crippen MR) is 117 cm³/mol. The fraction of sp³-hybridized carbons (Fsp3) is 0.389. The molecule has 0 aliphatic rings. The Kier molecular flexibility index (Phi) is 7.65. The molecule has 0 aliphatic carbocycles. The van der Waals surface area contributed by atoms with Crippen molar-refractivity contribution in [2.24, 2.45) is 0 Å². The minimum atomic E-state index is -0.182. The van der Waals surface area contributed by atoms with Crippen LogP contribution in [0.5, 0.6) is 5.75 Å². The van der Waals surface area contributed by atoms with Crippen LogP contribution in [0.1, 0.15) is 17.4 Å². The number of aryl methyl sites for hydroxylation is 1. The lowest BCUT2D eigenvalue weighted by Crippen LogP contribution is -2.37. The number of rotatable bonds is 7. The molecule has 3 rings (SSSR count). The third-order valence-corrected chi connectivity index (χ3v) is 5.64. The highest BCUT2D eigenvalue weighted by Gasteiger charge is 2.24. The number of ether oxygens (including phenoxy) is 1. The van der Waals surface area contributed by atoms with Crippen LogP contribution in [-0.4, -0.2) is 59.9 Å². The number of thiazole rings is 1. The summed E-state index contributed by atoms with van der Waals surface area (Å²) in [5.41, 5.74) is 1.06. The average Bonchev–Trinajstić information content (AvgIpc) is 3.29. The summed E-state index contributed by atoms with van der Waals surface area (Å²) in [6.07, 6.45) is 1.80. The topological polar surface area (TPSA) is 63.5 Å². The largest absolute Gasteiger partial charge is 0.494 e. The number of methoxy groups -OCH3 is 1. The van der Waals surface area contributed by atoms with E-state index in [0.717, 1.165) is 4.70 Å². The van der Waals surface area contributed by atoms with Crippen LogP contribution >= 0.6 is 35.3 Å². The minimum absolute atomic E-state index is 0. The number of fused-ring (bicyclic) bond motifs is 1. The Morgan fingerprint density at radius 1 is 1.29 bits per heavy atom. The van der Waals surface area contributed by atoms with Gasteiger partial charge in [-0.15, -0.1) is 12.4 Å². The van der Waals surface area contributed by atoms with Gasteiger partial charge in [-0.1, -0.05) is 22.9 Å². The molecule has 1 aromatic carbocycles. The quantitative estimate of drug-likeness (QED) is 0.555. The molecular formula is C18H23Cl2N5O2S.